The van der Waals surface area contributed by atoms with E-state index in [9.17, 15) is 4.79 Å². The molecular weight excluding hydrogens is 354 g/mol. The van der Waals surface area contributed by atoms with Crippen LogP contribution in [0.1, 0.15) is 15.9 Å². The van der Waals surface area contributed by atoms with Gasteiger partial charge in [0.05, 0.1) is 19.8 Å². The lowest BCUT2D eigenvalue weighted by Crippen LogP contribution is -2.25. The zero-order valence-electron chi connectivity index (χ0n) is 15.9. The summed E-state index contributed by atoms with van der Waals surface area (Å²) in [5.41, 5.74) is 2.52. The zero-order valence-corrected chi connectivity index (χ0v) is 15.9. The minimum Gasteiger partial charge on any atom is -0.493 e. The molecule has 6 heteroatoms. The van der Waals surface area contributed by atoms with Crippen molar-refractivity contribution in [1.82, 2.24) is 10.3 Å². The number of rotatable bonds is 8. The quantitative estimate of drug-likeness (QED) is 0.624. The van der Waals surface area contributed by atoms with E-state index in [2.05, 4.69) is 15.6 Å². The van der Waals surface area contributed by atoms with Gasteiger partial charge in [-0.15, -0.1) is 0 Å². The average molecular weight is 377 g/mol. The highest BCUT2D eigenvalue weighted by Gasteiger charge is 2.08. The van der Waals surface area contributed by atoms with E-state index in [1.807, 2.05) is 48.5 Å². The van der Waals surface area contributed by atoms with E-state index in [1.165, 1.54) is 5.56 Å². The van der Waals surface area contributed by atoms with Gasteiger partial charge in [-0.3, -0.25) is 4.79 Å². The molecule has 28 heavy (non-hydrogen) atoms. The maximum atomic E-state index is 12.3. The van der Waals surface area contributed by atoms with Crippen LogP contribution in [0.15, 0.2) is 66.9 Å². The first-order valence-electron chi connectivity index (χ1n) is 8.97. The topological polar surface area (TPSA) is 72.5 Å². The molecule has 0 fully saturated rings. The number of pyridine rings is 1. The van der Waals surface area contributed by atoms with Gasteiger partial charge in [-0.25, -0.2) is 4.98 Å². The number of carbonyl (C=O) groups is 1. The van der Waals surface area contributed by atoms with Gasteiger partial charge in [0.1, 0.15) is 5.82 Å². The summed E-state index contributed by atoms with van der Waals surface area (Å²) in [5.74, 6) is 1.78. The van der Waals surface area contributed by atoms with E-state index in [4.69, 9.17) is 9.47 Å². The SMILES string of the molecule is COc1ccc(Nc2ccc(C(=O)NCCc3ccccc3)cn2)cc1OC. The van der Waals surface area contributed by atoms with E-state index < -0.39 is 0 Å². The predicted octanol–water partition coefficient (Wildman–Crippen LogP) is 3.81. The number of hydrogen-bond acceptors (Lipinski definition) is 5. The largest absolute Gasteiger partial charge is 0.493 e. The van der Waals surface area contributed by atoms with Gasteiger partial charge in [0, 0.05) is 24.5 Å². The van der Waals surface area contributed by atoms with Crippen molar-refractivity contribution in [2.75, 3.05) is 26.1 Å². The number of hydrogen-bond donors (Lipinski definition) is 2. The highest BCUT2D eigenvalue weighted by Crippen LogP contribution is 2.30. The number of benzene rings is 2. The lowest BCUT2D eigenvalue weighted by molar-refractivity contribution is 0.0954. The second kappa shape index (κ2) is 9.41. The van der Waals surface area contributed by atoms with Gasteiger partial charge < -0.3 is 20.1 Å². The van der Waals surface area contributed by atoms with Crippen LogP contribution >= 0.6 is 0 Å². The predicted molar refractivity (Wildman–Crippen MR) is 110 cm³/mol. The molecule has 0 bridgehead atoms. The summed E-state index contributed by atoms with van der Waals surface area (Å²) in [6, 6.07) is 19.1. The van der Waals surface area contributed by atoms with Crippen molar-refractivity contribution < 1.29 is 14.3 Å². The van der Waals surface area contributed by atoms with Gasteiger partial charge in [0.2, 0.25) is 0 Å². The van der Waals surface area contributed by atoms with Crippen molar-refractivity contribution in [3.05, 3.63) is 78.0 Å². The van der Waals surface area contributed by atoms with Gasteiger partial charge in [-0.2, -0.15) is 0 Å². The molecule has 0 saturated heterocycles. The molecule has 0 unspecified atom stereocenters. The third-order valence-electron chi connectivity index (χ3n) is 4.22. The smallest absolute Gasteiger partial charge is 0.252 e. The third-order valence-corrected chi connectivity index (χ3v) is 4.22. The monoisotopic (exact) mass is 377 g/mol. The van der Waals surface area contributed by atoms with Gasteiger partial charge in [0.15, 0.2) is 11.5 Å². The standard InChI is InChI=1S/C22H23N3O3/c1-27-19-10-9-18(14-20(19)28-2)25-21-11-8-17(15-24-21)22(26)23-13-12-16-6-4-3-5-7-16/h3-11,14-15H,12-13H2,1-2H3,(H,23,26)(H,24,25). The minimum absolute atomic E-state index is 0.138. The normalized spacial score (nSPS) is 10.2. The van der Waals surface area contributed by atoms with Crippen molar-refractivity contribution in [2.24, 2.45) is 0 Å². The second-order valence-corrected chi connectivity index (χ2v) is 6.12. The molecule has 6 nitrogen and oxygen atoms in total. The van der Waals surface area contributed by atoms with Crippen LogP contribution < -0.4 is 20.1 Å². The summed E-state index contributed by atoms with van der Waals surface area (Å²) in [7, 11) is 3.18. The van der Waals surface area contributed by atoms with Gasteiger partial charge in [0.25, 0.3) is 5.91 Å². The lowest BCUT2D eigenvalue weighted by Gasteiger charge is -2.11. The van der Waals surface area contributed by atoms with Crippen molar-refractivity contribution >= 4 is 17.4 Å². The average Bonchev–Trinajstić information content (AvgIpc) is 2.75. The third kappa shape index (κ3) is 5.01. The van der Waals surface area contributed by atoms with Crippen LogP contribution in [0.2, 0.25) is 0 Å². The van der Waals surface area contributed by atoms with Crippen LogP contribution in [-0.4, -0.2) is 31.7 Å². The van der Waals surface area contributed by atoms with Gasteiger partial charge in [-0.05, 0) is 36.2 Å². The molecule has 144 valence electrons. The Balaban J connectivity index is 1.56. The highest BCUT2D eigenvalue weighted by molar-refractivity contribution is 5.94. The van der Waals surface area contributed by atoms with Crippen molar-refractivity contribution in [3.63, 3.8) is 0 Å². The fraction of sp³-hybridized carbons (Fsp3) is 0.182. The number of anilines is 2. The molecule has 0 aliphatic heterocycles. The Kier molecular flexibility index (Phi) is 6.46. The Morgan fingerprint density at radius 3 is 2.43 bits per heavy atom. The Bertz CT molecular complexity index is 912. The molecule has 0 aliphatic rings. The van der Waals surface area contributed by atoms with Crippen molar-refractivity contribution in [3.8, 4) is 11.5 Å². The van der Waals surface area contributed by atoms with Crippen LogP contribution in [0.3, 0.4) is 0 Å². The molecule has 3 rings (SSSR count). The van der Waals surface area contributed by atoms with E-state index in [0.29, 0.717) is 29.4 Å². The molecule has 0 atom stereocenters. The van der Waals surface area contributed by atoms with Crippen LogP contribution in [-0.2, 0) is 6.42 Å². The molecular formula is C22H23N3O3. The van der Waals surface area contributed by atoms with E-state index in [-0.39, 0.29) is 5.91 Å². The summed E-state index contributed by atoms with van der Waals surface area (Å²) in [4.78, 5) is 16.6. The highest BCUT2D eigenvalue weighted by atomic mass is 16.5. The van der Waals surface area contributed by atoms with Crippen molar-refractivity contribution in [2.45, 2.75) is 6.42 Å². The van der Waals surface area contributed by atoms with E-state index in [1.54, 1.807) is 32.5 Å². The van der Waals surface area contributed by atoms with E-state index >= 15 is 0 Å². The maximum absolute atomic E-state index is 12.3. The Hall–Kier alpha value is -3.54. The number of aromatic nitrogens is 1. The minimum atomic E-state index is -0.138. The first kappa shape index (κ1) is 19.2. The number of nitrogens with zero attached hydrogens (tertiary/aromatic N) is 1. The number of methoxy groups -OCH3 is 2. The molecule has 1 heterocycles. The summed E-state index contributed by atoms with van der Waals surface area (Å²) >= 11 is 0. The number of nitrogens with one attached hydrogen (secondary N) is 2. The summed E-state index contributed by atoms with van der Waals surface area (Å²) in [6.07, 6.45) is 2.35. The summed E-state index contributed by atoms with van der Waals surface area (Å²) in [6.45, 7) is 0.578. The molecule has 0 aliphatic carbocycles. The maximum Gasteiger partial charge on any atom is 0.252 e. The van der Waals surface area contributed by atoms with Crippen LogP contribution in [0, 0.1) is 0 Å². The second-order valence-electron chi connectivity index (χ2n) is 6.12. The Morgan fingerprint density at radius 2 is 1.75 bits per heavy atom. The van der Waals surface area contributed by atoms with Crippen LogP contribution in [0.25, 0.3) is 0 Å². The zero-order chi connectivity index (χ0) is 19.8. The first-order valence-corrected chi connectivity index (χ1v) is 8.97. The van der Waals surface area contributed by atoms with Crippen LogP contribution in [0.4, 0.5) is 11.5 Å². The number of carbonyl (C=O) groups excluding carboxylic acids is 1. The van der Waals surface area contributed by atoms with Crippen LogP contribution in [0.5, 0.6) is 11.5 Å². The molecule has 0 saturated carbocycles. The molecule has 0 radical (unpaired) electrons. The molecule has 2 aromatic carbocycles. The van der Waals surface area contributed by atoms with Crippen molar-refractivity contribution in [1.29, 1.82) is 0 Å². The van der Waals surface area contributed by atoms with E-state index in [0.717, 1.165) is 12.1 Å². The summed E-state index contributed by atoms with van der Waals surface area (Å²) < 4.78 is 10.5. The molecule has 2 N–H and O–H groups in total. The van der Waals surface area contributed by atoms with Gasteiger partial charge in [-0.1, -0.05) is 30.3 Å². The number of ether oxygens (including phenoxy) is 2. The molecule has 1 aromatic heterocycles. The Labute approximate surface area is 164 Å². The molecule has 1 amide bonds. The lowest BCUT2D eigenvalue weighted by atomic mass is 10.1. The fourth-order valence-corrected chi connectivity index (χ4v) is 2.73. The summed E-state index contributed by atoms with van der Waals surface area (Å²) in [5, 5.41) is 6.10. The Morgan fingerprint density at radius 1 is 0.964 bits per heavy atom. The van der Waals surface area contributed by atoms with Gasteiger partial charge >= 0.3 is 0 Å². The first-order chi connectivity index (χ1) is 13.7. The number of amides is 1. The fourth-order valence-electron chi connectivity index (χ4n) is 2.73. The molecule has 3 aromatic rings. The molecule has 0 spiro atoms.